The molecule has 2 fully saturated rings. The highest BCUT2D eigenvalue weighted by Crippen LogP contribution is 2.44. The van der Waals surface area contributed by atoms with Crippen molar-refractivity contribution in [1.29, 1.82) is 5.26 Å². The largest absolute Gasteiger partial charge is 0.391 e. The van der Waals surface area contributed by atoms with Crippen molar-refractivity contribution in [3.8, 4) is 6.19 Å². The first-order chi connectivity index (χ1) is 19.1. The molecule has 0 bridgehead atoms. The number of nitrogens with one attached hydrogen (secondary N) is 1. The number of aromatic nitrogens is 1. The number of nitrogens with zero attached hydrogens (tertiary/aromatic N) is 4. The van der Waals surface area contributed by atoms with Crippen LogP contribution in [0.1, 0.15) is 88.8 Å². The minimum Gasteiger partial charge on any atom is -0.391 e. The standard InChI is InChI=1S/C32H41N5O3/c1-31(2,3)23-11-13-25(14-12-23)37(29(39)28-18-26(38)20-36(28)21-33)32(30(40)35-24-9-5-4-6-10-24)16-7-8-22-15-17-34-19-27(22)32/h11-15,17,19,24,26,28,38H,4-10,16,18,20H2,1-3H3,(H,35,40). The van der Waals surface area contributed by atoms with E-state index in [0.29, 0.717) is 12.1 Å². The predicted octanol–water partition coefficient (Wildman–Crippen LogP) is 4.31. The van der Waals surface area contributed by atoms with Gasteiger partial charge < -0.3 is 10.4 Å². The van der Waals surface area contributed by atoms with Gasteiger partial charge in [-0.2, -0.15) is 5.26 Å². The number of aliphatic hydroxyl groups is 1. The van der Waals surface area contributed by atoms with E-state index in [-0.39, 0.29) is 36.2 Å². The Morgan fingerprint density at radius 2 is 1.85 bits per heavy atom. The number of hydrogen-bond acceptors (Lipinski definition) is 6. The molecule has 2 heterocycles. The van der Waals surface area contributed by atoms with E-state index < -0.39 is 17.7 Å². The van der Waals surface area contributed by atoms with Crippen LogP contribution in [0.3, 0.4) is 0 Å². The topological polar surface area (TPSA) is 110 Å². The second kappa shape index (κ2) is 11.2. The van der Waals surface area contributed by atoms with E-state index in [4.69, 9.17) is 0 Å². The van der Waals surface area contributed by atoms with Gasteiger partial charge in [0.15, 0.2) is 11.7 Å². The van der Waals surface area contributed by atoms with Gasteiger partial charge in [0.2, 0.25) is 0 Å². The maximum absolute atomic E-state index is 14.7. The molecule has 2 aliphatic carbocycles. The Labute approximate surface area is 237 Å². The number of carbonyl (C=O) groups excluding carboxylic acids is 2. The Kier molecular flexibility index (Phi) is 7.87. The Balaban J connectivity index is 1.68. The van der Waals surface area contributed by atoms with Gasteiger partial charge >= 0.3 is 0 Å². The predicted molar refractivity (Wildman–Crippen MR) is 153 cm³/mol. The Hall–Kier alpha value is -3.44. The molecule has 3 atom stereocenters. The van der Waals surface area contributed by atoms with Crippen molar-refractivity contribution in [3.63, 3.8) is 0 Å². The minimum atomic E-state index is -1.33. The van der Waals surface area contributed by atoms with Crippen LogP contribution >= 0.6 is 0 Å². The normalized spacial score (nSPS) is 25.1. The molecule has 2 amide bonds. The van der Waals surface area contributed by atoms with E-state index in [1.807, 2.05) is 30.3 Å². The number of nitriles is 1. The summed E-state index contributed by atoms with van der Waals surface area (Å²) >= 11 is 0. The van der Waals surface area contributed by atoms with Gasteiger partial charge in [0.1, 0.15) is 6.04 Å². The number of hydrogen-bond donors (Lipinski definition) is 2. The Morgan fingerprint density at radius 1 is 1.12 bits per heavy atom. The third-order valence-electron chi connectivity index (χ3n) is 8.94. The third-order valence-corrected chi connectivity index (χ3v) is 8.94. The molecule has 2 N–H and O–H groups in total. The summed E-state index contributed by atoms with van der Waals surface area (Å²) in [5.41, 5.74) is 2.06. The number of amides is 2. The van der Waals surface area contributed by atoms with Crippen LogP contribution in [0.25, 0.3) is 0 Å². The second-order valence-corrected chi connectivity index (χ2v) is 12.7. The van der Waals surface area contributed by atoms with Crippen molar-refractivity contribution < 1.29 is 14.7 Å². The van der Waals surface area contributed by atoms with Crippen molar-refractivity contribution >= 4 is 17.5 Å². The monoisotopic (exact) mass is 543 g/mol. The molecule has 1 saturated heterocycles. The van der Waals surface area contributed by atoms with Gasteiger partial charge in [-0.15, -0.1) is 0 Å². The minimum absolute atomic E-state index is 0.0595. The summed E-state index contributed by atoms with van der Waals surface area (Å²) < 4.78 is 0. The first kappa shape index (κ1) is 28.1. The molecule has 3 aliphatic rings. The first-order valence-corrected chi connectivity index (χ1v) is 14.7. The van der Waals surface area contributed by atoms with Gasteiger partial charge in [0, 0.05) is 36.1 Å². The van der Waals surface area contributed by atoms with Crippen LogP contribution in [0, 0.1) is 11.5 Å². The lowest BCUT2D eigenvalue weighted by Gasteiger charge is -2.47. The molecule has 1 aromatic heterocycles. The number of benzene rings is 1. The molecule has 0 spiro atoms. The average molecular weight is 544 g/mol. The van der Waals surface area contributed by atoms with Crippen LogP contribution in [0.2, 0.25) is 0 Å². The Bertz CT molecular complexity index is 1270. The van der Waals surface area contributed by atoms with Crippen molar-refractivity contribution in [1.82, 2.24) is 15.2 Å². The highest BCUT2D eigenvalue weighted by Gasteiger charge is 2.54. The molecule has 2 aromatic rings. The molecule has 0 radical (unpaired) electrons. The quantitative estimate of drug-likeness (QED) is 0.544. The lowest BCUT2D eigenvalue weighted by Crippen LogP contribution is -2.64. The lowest BCUT2D eigenvalue weighted by molar-refractivity contribution is -0.133. The summed E-state index contributed by atoms with van der Waals surface area (Å²) in [6, 6.07) is 9.01. The number of anilines is 1. The molecule has 8 heteroatoms. The molecule has 3 unspecified atom stereocenters. The highest BCUT2D eigenvalue weighted by molar-refractivity contribution is 6.06. The first-order valence-electron chi connectivity index (χ1n) is 14.7. The van der Waals surface area contributed by atoms with Gasteiger partial charge in [-0.05, 0) is 66.8 Å². The fraction of sp³-hybridized carbons (Fsp3) is 0.562. The molecule has 1 saturated carbocycles. The summed E-state index contributed by atoms with van der Waals surface area (Å²) in [4.78, 5) is 36.8. The van der Waals surface area contributed by atoms with Crippen LogP contribution in [0.15, 0.2) is 42.7 Å². The van der Waals surface area contributed by atoms with E-state index in [1.54, 1.807) is 17.3 Å². The highest BCUT2D eigenvalue weighted by atomic mass is 16.3. The molecule has 40 heavy (non-hydrogen) atoms. The van der Waals surface area contributed by atoms with Crippen LogP contribution in [0.4, 0.5) is 5.69 Å². The summed E-state index contributed by atoms with van der Waals surface area (Å²) in [5, 5.41) is 23.6. The summed E-state index contributed by atoms with van der Waals surface area (Å²) in [5.74, 6) is -0.541. The number of fused-ring (bicyclic) bond motifs is 1. The number of β-amino-alcohol motifs (C(OH)–C–C–N with tert-alkyl or cyclic N) is 1. The van der Waals surface area contributed by atoms with Crippen molar-refractivity contribution in [3.05, 3.63) is 59.4 Å². The summed E-state index contributed by atoms with van der Waals surface area (Å²) in [6.07, 6.45) is 12.1. The molecular formula is C32H41N5O3. The van der Waals surface area contributed by atoms with E-state index in [1.165, 1.54) is 11.3 Å². The zero-order valence-electron chi connectivity index (χ0n) is 23.9. The maximum atomic E-state index is 14.7. The van der Waals surface area contributed by atoms with Crippen LogP contribution < -0.4 is 10.2 Å². The van der Waals surface area contributed by atoms with E-state index in [2.05, 4.69) is 37.3 Å². The van der Waals surface area contributed by atoms with Gasteiger partial charge in [-0.3, -0.25) is 24.4 Å². The maximum Gasteiger partial charge on any atom is 0.251 e. The number of pyridine rings is 1. The second-order valence-electron chi connectivity index (χ2n) is 12.7. The van der Waals surface area contributed by atoms with Crippen molar-refractivity contribution in [2.75, 3.05) is 11.4 Å². The zero-order chi connectivity index (χ0) is 28.5. The molecule has 1 aromatic carbocycles. The number of rotatable bonds is 5. The van der Waals surface area contributed by atoms with Gasteiger partial charge in [0.25, 0.3) is 11.8 Å². The smallest absolute Gasteiger partial charge is 0.251 e. The van der Waals surface area contributed by atoms with E-state index in [0.717, 1.165) is 55.2 Å². The Morgan fingerprint density at radius 3 is 2.52 bits per heavy atom. The fourth-order valence-electron chi connectivity index (χ4n) is 6.76. The molecule has 8 nitrogen and oxygen atoms in total. The number of likely N-dealkylation sites (tertiary alicyclic amines) is 1. The van der Waals surface area contributed by atoms with Crippen molar-refractivity contribution in [2.45, 2.75) is 108 Å². The molecule has 212 valence electrons. The van der Waals surface area contributed by atoms with Gasteiger partial charge in [0.05, 0.1) is 12.6 Å². The van der Waals surface area contributed by atoms with E-state index in [9.17, 15) is 20.0 Å². The SMILES string of the molecule is CC(C)(C)c1ccc(N(C(=O)C2CC(O)CN2C#N)C2(C(=O)NC3CCCCC3)CCCc3ccncc32)cc1. The zero-order valence-corrected chi connectivity index (χ0v) is 23.9. The van der Waals surface area contributed by atoms with Crippen LogP contribution in [0.5, 0.6) is 0 Å². The van der Waals surface area contributed by atoms with Crippen LogP contribution in [-0.2, 0) is 27.0 Å². The van der Waals surface area contributed by atoms with E-state index >= 15 is 0 Å². The van der Waals surface area contributed by atoms with Crippen LogP contribution in [-0.4, -0.2) is 51.5 Å². The lowest BCUT2D eigenvalue weighted by atomic mass is 9.74. The van der Waals surface area contributed by atoms with Crippen molar-refractivity contribution in [2.24, 2.45) is 0 Å². The summed E-state index contributed by atoms with van der Waals surface area (Å²) in [6.45, 7) is 6.51. The van der Waals surface area contributed by atoms with Gasteiger partial charge in [-0.25, -0.2) is 0 Å². The molecular weight excluding hydrogens is 502 g/mol. The average Bonchev–Trinajstić information content (AvgIpc) is 3.34. The number of carbonyl (C=O) groups is 2. The molecule has 5 rings (SSSR count). The molecule has 1 aliphatic heterocycles. The number of aliphatic hydroxyl groups excluding tert-OH is 1. The third kappa shape index (κ3) is 5.19. The fourth-order valence-corrected chi connectivity index (χ4v) is 6.76. The summed E-state index contributed by atoms with van der Waals surface area (Å²) in [7, 11) is 0. The van der Waals surface area contributed by atoms with Gasteiger partial charge in [-0.1, -0.05) is 52.2 Å². The number of aryl methyl sites for hydroxylation is 1.